The lowest BCUT2D eigenvalue weighted by Crippen LogP contribution is -2.29. The Morgan fingerprint density at radius 3 is 2.30 bits per heavy atom. The summed E-state index contributed by atoms with van der Waals surface area (Å²) in [6.07, 6.45) is 9.67. The number of aliphatic hydroxyl groups excluding tert-OH is 1. The summed E-state index contributed by atoms with van der Waals surface area (Å²) in [5, 5.41) is 9.89. The molecule has 0 saturated heterocycles. The predicted molar refractivity (Wildman–Crippen MR) is 96.6 cm³/mol. The van der Waals surface area contributed by atoms with Crippen LogP contribution in [0.2, 0.25) is 0 Å². The van der Waals surface area contributed by atoms with Crippen molar-refractivity contribution in [2.75, 3.05) is 26.2 Å². The topological polar surface area (TPSA) is 49.8 Å². The van der Waals surface area contributed by atoms with Crippen LogP contribution in [0.4, 0.5) is 0 Å². The normalized spacial score (nSPS) is 12.6. The molecule has 0 spiro atoms. The third-order valence-corrected chi connectivity index (χ3v) is 4.27. The fourth-order valence-corrected chi connectivity index (χ4v) is 2.58. The first-order valence-electron chi connectivity index (χ1n) is 9.70. The summed E-state index contributed by atoms with van der Waals surface area (Å²) < 4.78 is 5.27. The Morgan fingerprint density at radius 1 is 0.957 bits per heavy atom. The zero-order chi connectivity index (χ0) is 17.3. The monoisotopic (exact) mass is 329 g/mol. The number of nitrogens with zero attached hydrogens (tertiary/aromatic N) is 1. The van der Waals surface area contributed by atoms with Crippen LogP contribution in [-0.2, 0) is 9.53 Å². The summed E-state index contributed by atoms with van der Waals surface area (Å²) in [5.74, 6) is -0.179. The van der Waals surface area contributed by atoms with Gasteiger partial charge in [0.1, 0.15) is 6.61 Å². The van der Waals surface area contributed by atoms with E-state index in [9.17, 15) is 9.90 Å². The van der Waals surface area contributed by atoms with Crippen molar-refractivity contribution in [2.45, 2.75) is 91.1 Å². The number of carbonyl (C=O) groups is 1. The van der Waals surface area contributed by atoms with E-state index < -0.39 is 0 Å². The van der Waals surface area contributed by atoms with Crippen molar-refractivity contribution >= 4 is 5.97 Å². The largest absolute Gasteiger partial charge is 0.464 e. The minimum Gasteiger partial charge on any atom is -0.464 e. The van der Waals surface area contributed by atoms with Gasteiger partial charge in [0.05, 0.1) is 6.10 Å². The molecule has 4 heteroatoms. The molecule has 4 nitrogen and oxygen atoms in total. The van der Waals surface area contributed by atoms with Gasteiger partial charge >= 0.3 is 5.97 Å². The summed E-state index contributed by atoms with van der Waals surface area (Å²) in [5.41, 5.74) is 0. The van der Waals surface area contributed by atoms with Gasteiger partial charge in [0, 0.05) is 13.0 Å². The van der Waals surface area contributed by atoms with Crippen LogP contribution in [0.25, 0.3) is 0 Å². The molecule has 1 unspecified atom stereocenters. The molecule has 0 fully saturated rings. The smallest absolute Gasteiger partial charge is 0.305 e. The quantitative estimate of drug-likeness (QED) is 0.341. The van der Waals surface area contributed by atoms with Gasteiger partial charge in [0.25, 0.3) is 0 Å². The SMILES string of the molecule is CCCCCCCC(O)CCC(=O)OCCN(CC)CCCC. The summed E-state index contributed by atoms with van der Waals surface area (Å²) >= 11 is 0. The van der Waals surface area contributed by atoms with Crippen molar-refractivity contribution in [2.24, 2.45) is 0 Å². The molecule has 1 atom stereocenters. The van der Waals surface area contributed by atoms with E-state index in [0.717, 1.165) is 32.5 Å². The molecule has 23 heavy (non-hydrogen) atoms. The number of ether oxygens (including phenoxy) is 1. The van der Waals surface area contributed by atoms with Crippen molar-refractivity contribution < 1.29 is 14.6 Å². The van der Waals surface area contributed by atoms with Gasteiger partial charge in [-0.05, 0) is 32.4 Å². The highest BCUT2D eigenvalue weighted by atomic mass is 16.5. The number of hydrogen-bond acceptors (Lipinski definition) is 4. The summed E-state index contributed by atoms with van der Waals surface area (Å²) in [7, 11) is 0. The molecular formula is C19H39NO3. The standard InChI is InChI=1S/C19H39NO3/c1-4-7-9-10-11-12-18(21)13-14-19(22)23-17-16-20(6-3)15-8-5-2/h18,21H,4-17H2,1-3H3. The number of unbranched alkanes of at least 4 members (excludes halogenated alkanes) is 5. The second kappa shape index (κ2) is 16.3. The van der Waals surface area contributed by atoms with Crippen LogP contribution >= 0.6 is 0 Å². The Bertz CT molecular complexity index is 271. The number of hydrogen-bond donors (Lipinski definition) is 1. The first-order valence-corrected chi connectivity index (χ1v) is 9.70. The van der Waals surface area contributed by atoms with E-state index in [2.05, 4.69) is 25.7 Å². The van der Waals surface area contributed by atoms with Crippen LogP contribution in [0.15, 0.2) is 0 Å². The summed E-state index contributed by atoms with van der Waals surface area (Å²) in [6, 6.07) is 0. The van der Waals surface area contributed by atoms with Crippen molar-refractivity contribution in [1.82, 2.24) is 4.90 Å². The van der Waals surface area contributed by atoms with Crippen LogP contribution in [0.1, 0.15) is 85.0 Å². The molecule has 0 aliphatic carbocycles. The predicted octanol–water partition coefficient (Wildman–Crippen LogP) is 4.15. The van der Waals surface area contributed by atoms with Crippen LogP contribution in [0, 0.1) is 0 Å². The Morgan fingerprint density at radius 2 is 1.65 bits per heavy atom. The van der Waals surface area contributed by atoms with E-state index >= 15 is 0 Å². The third kappa shape index (κ3) is 14.7. The fraction of sp³-hybridized carbons (Fsp3) is 0.947. The average molecular weight is 330 g/mol. The maximum atomic E-state index is 11.7. The molecular weight excluding hydrogens is 290 g/mol. The number of likely N-dealkylation sites (N-methyl/N-ethyl adjacent to an activating group) is 1. The van der Waals surface area contributed by atoms with Gasteiger partial charge in [-0.3, -0.25) is 4.79 Å². The Balaban J connectivity index is 3.57. The number of esters is 1. The number of rotatable bonds is 16. The molecule has 0 radical (unpaired) electrons. The molecule has 0 aromatic carbocycles. The molecule has 0 aromatic rings. The zero-order valence-corrected chi connectivity index (χ0v) is 15.7. The highest BCUT2D eigenvalue weighted by Crippen LogP contribution is 2.10. The lowest BCUT2D eigenvalue weighted by Gasteiger charge is -2.19. The lowest BCUT2D eigenvalue weighted by molar-refractivity contribution is -0.144. The highest BCUT2D eigenvalue weighted by Gasteiger charge is 2.10. The Kier molecular flexibility index (Phi) is 15.8. The molecule has 138 valence electrons. The molecule has 0 aromatic heterocycles. The summed E-state index contributed by atoms with van der Waals surface area (Å²) in [6.45, 7) is 9.85. The van der Waals surface area contributed by atoms with Gasteiger partial charge in [-0.1, -0.05) is 59.3 Å². The Hall–Kier alpha value is -0.610. The van der Waals surface area contributed by atoms with Gasteiger partial charge in [0.2, 0.25) is 0 Å². The molecule has 0 amide bonds. The van der Waals surface area contributed by atoms with Crippen molar-refractivity contribution in [3.63, 3.8) is 0 Å². The van der Waals surface area contributed by atoms with Crippen molar-refractivity contribution in [1.29, 1.82) is 0 Å². The van der Waals surface area contributed by atoms with Crippen LogP contribution in [-0.4, -0.2) is 48.3 Å². The van der Waals surface area contributed by atoms with Crippen molar-refractivity contribution in [3.8, 4) is 0 Å². The van der Waals surface area contributed by atoms with Crippen molar-refractivity contribution in [3.05, 3.63) is 0 Å². The maximum Gasteiger partial charge on any atom is 0.305 e. The molecule has 0 bridgehead atoms. The Labute approximate surface area is 143 Å². The molecule has 0 aliphatic rings. The van der Waals surface area contributed by atoms with E-state index in [4.69, 9.17) is 4.74 Å². The number of carbonyl (C=O) groups excluding carboxylic acids is 1. The van der Waals surface area contributed by atoms with Gasteiger partial charge in [-0.15, -0.1) is 0 Å². The van der Waals surface area contributed by atoms with Crippen LogP contribution in [0.3, 0.4) is 0 Å². The highest BCUT2D eigenvalue weighted by molar-refractivity contribution is 5.69. The minimum atomic E-state index is -0.360. The zero-order valence-electron chi connectivity index (χ0n) is 15.7. The van der Waals surface area contributed by atoms with Gasteiger partial charge in [-0.25, -0.2) is 0 Å². The number of aliphatic hydroxyl groups is 1. The summed E-state index contributed by atoms with van der Waals surface area (Å²) in [4.78, 5) is 14.0. The van der Waals surface area contributed by atoms with Gasteiger partial charge in [-0.2, -0.15) is 0 Å². The molecule has 0 rings (SSSR count). The molecule has 0 saturated carbocycles. The maximum absolute atomic E-state index is 11.7. The van der Waals surface area contributed by atoms with E-state index in [1.807, 2.05) is 0 Å². The van der Waals surface area contributed by atoms with E-state index in [1.54, 1.807) is 0 Å². The van der Waals surface area contributed by atoms with E-state index in [1.165, 1.54) is 38.5 Å². The second-order valence-electron chi connectivity index (χ2n) is 6.40. The van der Waals surface area contributed by atoms with Gasteiger partial charge < -0.3 is 14.7 Å². The first kappa shape index (κ1) is 22.4. The van der Waals surface area contributed by atoms with Gasteiger partial charge in [0.15, 0.2) is 0 Å². The minimum absolute atomic E-state index is 0.179. The lowest BCUT2D eigenvalue weighted by atomic mass is 10.1. The van der Waals surface area contributed by atoms with Crippen LogP contribution in [0.5, 0.6) is 0 Å². The van der Waals surface area contributed by atoms with E-state index in [-0.39, 0.29) is 12.1 Å². The molecule has 1 N–H and O–H groups in total. The molecule has 0 aliphatic heterocycles. The first-order chi connectivity index (χ1) is 11.1. The third-order valence-electron chi connectivity index (χ3n) is 4.27. The molecule has 0 heterocycles. The van der Waals surface area contributed by atoms with E-state index in [0.29, 0.717) is 19.4 Å². The van der Waals surface area contributed by atoms with Crippen LogP contribution < -0.4 is 0 Å². The second-order valence-corrected chi connectivity index (χ2v) is 6.40. The fourth-order valence-electron chi connectivity index (χ4n) is 2.58. The average Bonchev–Trinajstić information content (AvgIpc) is 2.55.